The molecule has 0 bridgehead atoms. The molecule has 19 heavy (non-hydrogen) atoms. The summed E-state index contributed by atoms with van der Waals surface area (Å²) in [7, 11) is 0. The van der Waals surface area contributed by atoms with E-state index in [0.29, 0.717) is 32.6 Å². The highest BCUT2D eigenvalue weighted by atomic mass is 16.5. The molecule has 1 aliphatic heterocycles. The van der Waals surface area contributed by atoms with Crippen molar-refractivity contribution in [3.05, 3.63) is 0 Å². The molecule has 1 aliphatic carbocycles. The molecule has 0 spiro atoms. The third kappa shape index (κ3) is 2.29. The maximum atomic E-state index is 12.9. The van der Waals surface area contributed by atoms with E-state index in [1.807, 2.05) is 18.7 Å². The molecule has 0 aromatic heterocycles. The summed E-state index contributed by atoms with van der Waals surface area (Å²) in [4.78, 5) is 14.8. The summed E-state index contributed by atoms with van der Waals surface area (Å²) in [6, 6.07) is 0. The SMILES string of the molecule is CC1(C)COCCN1C(=O)C1(C(N)=NO)CCCC1. The second-order valence-electron chi connectivity index (χ2n) is 6.10. The molecule has 108 valence electrons. The van der Waals surface area contributed by atoms with Gasteiger partial charge in [0, 0.05) is 6.54 Å². The van der Waals surface area contributed by atoms with Crippen molar-refractivity contribution in [3.8, 4) is 0 Å². The molecule has 2 fully saturated rings. The van der Waals surface area contributed by atoms with Crippen LogP contribution in [0.5, 0.6) is 0 Å². The lowest BCUT2D eigenvalue weighted by Gasteiger charge is -2.45. The van der Waals surface area contributed by atoms with Crippen molar-refractivity contribution < 1.29 is 14.7 Å². The molecule has 3 N–H and O–H groups in total. The number of oxime groups is 1. The summed E-state index contributed by atoms with van der Waals surface area (Å²) in [5.41, 5.74) is 4.67. The van der Waals surface area contributed by atoms with E-state index in [2.05, 4.69) is 5.16 Å². The largest absolute Gasteiger partial charge is 0.409 e. The molecule has 2 aliphatic rings. The molecular weight excluding hydrogens is 246 g/mol. The van der Waals surface area contributed by atoms with Gasteiger partial charge in [-0.25, -0.2) is 0 Å². The van der Waals surface area contributed by atoms with Crippen LogP contribution in [0.3, 0.4) is 0 Å². The van der Waals surface area contributed by atoms with E-state index in [1.165, 1.54) is 0 Å². The number of ether oxygens (including phenoxy) is 1. The summed E-state index contributed by atoms with van der Waals surface area (Å²) < 4.78 is 5.44. The molecule has 1 heterocycles. The Kier molecular flexibility index (Phi) is 3.71. The summed E-state index contributed by atoms with van der Waals surface area (Å²) in [6.45, 7) is 5.59. The molecule has 1 amide bonds. The van der Waals surface area contributed by atoms with E-state index in [0.717, 1.165) is 12.8 Å². The number of morpholine rings is 1. The number of rotatable bonds is 2. The van der Waals surface area contributed by atoms with Crippen LogP contribution < -0.4 is 5.73 Å². The normalized spacial score (nSPS) is 26.4. The zero-order valence-electron chi connectivity index (χ0n) is 11.7. The van der Waals surface area contributed by atoms with Gasteiger partial charge >= 0.3 is 0 Å². The Hall–Kier alpha value is -1.30. The molecule has 1 saturated heterocycles. The first-order valence-corrected chi connectivity index (χ1v) is 6.82. The Labute approximate surface area is 113 Å². The number of hydrogen-bond acceptors (Lipinski definition) is 4. The van der Waals surface area contributed by atoms with Crippen LogP contribution in [-0.2, 0) is 9.53 Å². The monoisotopic (exact) mass is 269 g/mol. The summed E-state index contributed by atoms with van der Waals surface area (Å²) in [5, 5.41) is 12.1. The molecule has 0 atom stereocenters. The van der Waals surface area contributed by atoms with Crippen molar-refractivity contribution in [1.82, 2.24) is 4.90 Å². The van der Waals surface area contributed by atoms with Crippen molar-refractivity contribution in [2.45, 2.75) is 45.1 Å². The second-order valence-corrected chi connectivity index (χ2v) is 6.10. The van der Waals surface area contributed by atoms with Crippen LogP contribution in [0.25, 0.3) is 0 Å². The third-order valence-corrected chi connectivity index (χ3v) is 4.35. The molecular formula is C13H23N3O3. The van der Waals surface area contributed by atoms with Crippen LogP contribution in [-0.4, -0.2) is 47.1 Å². The number of amidine groups is 1. The zero-order chi connectivity index (χ0) is 14.1. The van der Waals surface area contributed by atoms with Crippen molar-refractivity contribution in [1.29, 1.82) is 0 Å². The van der Waals surface area contributed by atoms with Crippen LogP contribution in [0, 0.1) is 5.41 Å². The number of nitrogens with two attached hydrogens (primary N) is 1. The average molecular weight is 269 g/mol. The van der Waals surface area contributed by atoms with Crippen molar-refractivity contribution in [2.75, 3.05) is 19.8 Å². The molecule has 0 aromatic rings. The van der Waals surface area contributed by atoms with Gasteiger partial charge in [-0.05, 0) is 26.7 Å². The van der Waals surface area contributed by atoms with Crippen LogP contribution >= 0.6 is 0 Å². The first-order chi connectivity index (χ1) is 8.94. The molecule has 6 nitrogen and oxygen atoms in total. The first kappa shape index (κ1) is 14.1. The summed E-state index contributed by atoms with van der Waals surface area (Å²) >= 11 is 0. The van der Waals surface area contributed by atoms with Crippen LogP contribution in [0.4, 0.5) is 0 Å². The topological polar surface area (TPSA) is 88.2 Å². The fraction of sp³-hybridized carbons (Fsp3) is 0.846. The molecule has 0 radical (unpaired) electrons. The van der Waals surface area contributed by atoms with Gasteiger partial charge in [-0.15, -0.1) is 0 Å². The standard InChI is InChI=1S/C13H23N3O3/c1-12(2)9-19-8-7-16(12)11(17)13(10(14)15-18)5-3-4-6-13/h18H,3-9H2,1-2H3,(H2,14,15). The number of nitrogens with zero attached hydrogens (tertiary/aromatic N) is 2. The Bertz CT molecular complexity index is 387. The van der Waals surface area contributed by atoms with Gasteiger partial charge in [0.1, 0.15) is 5.41 Å². The van der Waals surface area contributed by atoms with E-state index in [4.69, 9.17) is 15.7 Å². The van der Waals surface area contributed by atoms with Crippen molar-refractivity contribution in [2.24, 2.45) is 16.3 Å². The molecule has 0 unspecified atom stereocenters. The zero-order valence-corrected chi connectivity index (χ0v) is 11.7. The highest BCUT2D eigenvalue weighted by Gasteiger charge is 2.50. The lowest BCUT2D eigenvalue weighted by Crippen LogP contribution is -2.61. The van der Waals surface area contributed by atoms with Crippen LogP contribution in [0.1, 0.15) is 39.5 Å². The number of hydrogen-bond donors (Lipinski definition) is 2. The molecule has 1 saturated carbocycles. The highest BCUT2D eigenvalue weighted by Crippen LogP contribution is 2.41. The van der Waals surface area contributed by atoms with Gasteiger partial charge in [-0.3, -0.25) is 4.79 Å². The fourth-order valence-electron chi connectivity index (χ4n) is 3.15. The predicted octanol–water partition coefficient (Wildman–Crippen LogP) is 0.931. The quantitative estimate of drug-likeness (QED) is 0.338. The predicted molar refractivity (Wildman–Crippen MR) is 70.9 cm³/mol. The number of carbonyl (C=O) groups excluding carboxylic acids is 1. The van der Waals surface area contributed by atoms with E-state index < -0.39 is 5.41 Å². The highest BCUT2D eigenvalue weighted by molar-refractivity contribution is 6.07. The Balaban J connectivity index is 2.30. The first-order valence-electron chi connectivity index (χ1n) is 6.82. The van der Waals surface area contributed by atoms with Crippen molar-refractivity contribution >= 4 is 11.7 Å². The smallest absolute Gasteiger partial charge is 0.237 e. The van der Waals surface area contributed by atoms with Gasteiger partial charge in [0.2, 0.25) is 5.91 Å². The Morgan fingerprint density at radius 3 is 2.53 bits per heavy atom. The Morgan fingerprint density at radius 1 is 1.37 bits per heavy atom. The number of carbonyl (C=O) groups is 1. The summed E-state index contributed by atoms with van der Waals surface area (Å²) in [5.74, 6) is 0.0332. The second kappa shape index (κ2) is 5.00. The van der Waals surface area contributed by atoms with Gasteiger partial charge in [0.25, 0.3) is 0 Å². The van der Waals surface area contributed by atoms with E-state index in [-0.39, 0.29) is 17.3 Å². The lowest BCUT2D eigenvalue weighted by molar-refractivity contribution is -0.153. The summed E-state index contributed by atoms with van der Waals surface area (Å²) in [6.07, 6.45) is 3.20. The van der Waals surface area contributed by atoms with Gasteiger partial charge < -0.3 is 20.6 Å². The van der Waals surface area contributed by atoms with Crippen LogP contribution in [0.15, 0.2) is 5.16 Å². The van der Waals surface area contributed by atoms with Gasteiger partial charge in [-0.2, -0.15) is 0 Å². The maximum absolute atomic E-state index is 12.9. The molecule has 0 aromatic carbocycles. The maximum Gasteiger partial charge on any atom is 0.237 e. The number of amides is 1. The minimum absolute atomic E-state index is 0.0198. The minimum Gasteiger partial charge on any atom is -0.409 e. The average Bonchev–Trinajstić information content (AvgIpc) is 2.87. The Morgan fingerprint density at radius 2 is 2.00 bits per heavy atom. The fourth-order valence-corrected chi connectivity index (χ4v) is 3.15. The van der Waals surface area contributed by atoms with E-state index in [9.17, 15) is 4.79 Å². The molecule has 2 rings (SSSR count). The van der Waals surface area contributed by atoms with E-state index >= 15 is 0 Å². The lowest BCUT2D eigenvalue weighted by atomic mass is 9.81. The van der Waals surface area contributed by atoms with Crippen molar-refractivity contribution in [3.63, 3.8) is 0 Å². The van der Waals surface area contributed by atoms with Gasteiger partial charge in [0.05, 0.1) is 18.8 Å². The van der Waals surface area contributed by atoms with Gasteiger partial charge in [0.15, 0.2) is 5.84 Å². The third-order valence-electron chi connectivity index (χ3n) is 4.35. The van der Waals surface area contributed by atoms with Gasteiger partial charge in [-0.1, -0.05) is 18.0 Å². The minimum atomic E-state index is -0.816. The molecule has 6 heteroatoms. The van der Waals surface area contributed by atoms with E-state index in [1.54, 1.807) is 0 Å². The van der Waals surface area contributed by atoms with Crippen LogP contribution in [0.2, 0.25) is 0 Å².